The molecule has 34 heavy (non-hydrogen) atoms. The van der Waals surface area contributed by atoms with Crippen LogP contribution in [0.3, 0.4) is 0 Å². The van der Waals surface area contributed by atoms with Gasteiger partial charge in [-0.3, -0.25) is 18.7 Å². The van der Waals surface area contributed by atoms with Gasteiger partial charge in [-0.05, 0) is 53.7 Å². The van der Waals surface area contributed by atoms with Crippen molar-refractivity contribution in [2.24, 2.45) is 10.8 Å². The number of nitrogens with zero attached hydrogens (tertiary/aromatic N) is 6. The summed E-state index contributed by atoms with van der Waals surface area (Å²) in [6.07, 6.45) is 6.51. The number of carbonyl (C=O) groups is 2. The summed E-state index contributed by atoms with van der Waals surface area (Å²) in [5, 5.41) is 1.53. The van der Waals surface area contributed by atoms with Crippen LogP contribution in [0.4, 0.5) is 0 Å². The molecular weight excluding hydrogens is 436 g/mol. The Kier molecular flexibility index (Phi) is 5.84. The van der Waals surface area contributed by atoms with Gasteiger partial charge in [0.25, 0.3) is 0 Å². The number of fused-ring (bicyclic) bond motifs is 2. The Labute approximate surface area is 196 Å². The molecule has 0 radical (unpaired) electrons. The van der Waals surface area contributed by atoms with Crippen LogP contribution in [0.2, 0.25) is 0 Å². The summed E-state index contributed by atoms with van der Waals surface area (Å²) in [6.45, 7) is 10.9. The Morgan fingerprint density at radius 3 is 1.44 bits per heavy atom. The van der Waals surface area contributed by atoms with Crippen LogP contribution in [0.1, 0.15) is 41.5 Å². The topological polar surface area (TPSA) is 114 Å². The van der Waals surface area contributed by atoms with Crippen LogP contribution >= 0.6 is 0 Å². The summed E-state index contributed by atoms with van der Waals surface area (Å²) in [7, 11) is 0. The van der Waals surface area contributed by atoms with Gasteiger partial charge in [-0.25, -0.2) is 19.9 Å². The lowest BCUT2D eigenvalue weighted by Gasteiger charge is -2.17. The van der Waals surface area contributed by atoms with E-state index in [-0.39, 0.29) is 25.4 Å². The minimum Gasteiger partial charge on any atom is -0.443 e. The molecule has 0 amide bonds. The van der Waals surface area contributed by atoms with E-state index >= 15 is 0 Å². The van der Waals surface area contributed by atoms with Crippen molar-refractivity contribution in [3.05, 3.63) is 37.2 Å². The second-order valence-electron chi connectivity index (χ2n) is 10.1. The van der Waals surface area contributed by atoms with Crippen LogP contribution in [0.5, 0.6) is 0 Å². The molecule has 0 atom stereocenters. The number of hydrogen-bond acceptors (Lipinski definition) is 8. The molecule has 0 spiro atoms. The van der Waals surface area contributed by atoms with Gasteiger partial charge in [-0.2, -0.15) is 0 Å². The predicted molar refractivity (Wildman–Crippen MR) is 125 cm³/mol. The summed E-state index contributed by atoms with van der Waals surface area (Å²) >= 11 is 0. The Bertz CT molecular complexity index is 1270. The molecule has 0 N–H and O–H groups in total. The lowest BCUT2D eigenvalue weighted by atomic mass is 9.97. The molecule has 4 aromatic rings. The number of rotatable bonds is 5. The summed E-state index contributed by atoms with van der Waals surface area (Å²) < 4.78 is 14.4. The number of ether oxygens (including phenoxy) is 2. The first-order valence-corrected chi connectivity index (χ1v) is 10.9. The Balaban J connectivity index is 1.66. The fourth-order valence-electron chi connectivity index (χ4n) is 3.28. The summed E-state index contributed by atoms with van der Waals surface area (Å²) in [5.41, 5.74) is 1.31. The van der Waals surface area contributed by atoms with E-state index in [0.29, 0.717) is 22.7 Å². The molecule has 0 aromatic carbocycles. The average Bonchev–Trinajstić information content (AvgIpc) is 3.38. The molecule has 10 heteroatoms. The van der Waals surface area contributed by atoms with Crippen molar-refractivity contribution in [2.75, 3.05) is 0 Å². The second kappa shape index (κ2) is 8.51. The van der Waals surface area contributed by atoms with Crippen molar-refractivity contribution in [1.82, 2.24) is 29.1 Å². The SMILES string of the molecule is CC(C)(C)C(=O)OCn1ccc2c(-c3ncnc4c3ccn4COC(=O)C(C)(C)C)ncnc21. The first-order valence-electron chi connectivity index (χ1n) is 10.9. The zero-order valence-electron chi connectivity index (χ0n) is 20.2. The summed E-state index contributed by atoms with van der Waals surface area (Å²) in [4.78, 5) is 42.0. The van der Waals surface area contributed by atoms with E-state index in [0.717, 1.165) is 10.8 Å². The van der Waals surface area contributed by atoms with E-state index in [1.165, 1.54) is 12.7 Å². The van der Waals surface area contributed by atoms with Gasteiger partial charge in [0.2, 0.25) is 0 Å². The molecule has 4 rings (SSSR count). The number of hydrogen-bond donors (Lipinski definition) is 0. The highest BCUT2D eigenvalue weighted by Gasteiger charge is 2.25. The van der Waals surface area contributed by atoms with Gasteiger partial charge in [-0.1, -0.05) is 0 Å². The zero-order chi connectivity index (χ0) is 24.7. The Morgan fingerprint density at radius 2 is 1.09 bits per heavy atom. The van der Waals surface area contributed by atoms with E-state index in [2.05, 4.69) is 19.9 Å². The maximum Gasteiger partial charge on any atom is 0.312 e. The monoisotopic (exact) mass is 464 g/mol. The summed E-state index contributed by atoms with van der Waals surface area (Å²) in [5.74, 6) is -0.593. The molecule has 0 aliphatic rings. The molecule has 0 saturated heterocycles. The van der Waals surface area contributed by atoms with E-state index in [1.807, 2.05) is 12.1 Å². The summed E-state index contributed by atoms with van der Waals surface area (Å²) in [6, 6.07) is 3.73. The van der Waals surface area contributed by atoms with Crippen molar-refractivity contribution in [1.29, 1.82) is 0 Å². The van der Waals surface area contributed by atoms with Crippen LogP contribution in [0.25, 0.3) is 33.5 Å². The first kappa shape index (κ1) is 23.3. The first-order chi connectivity index (χ1) is 16.0. The minimum absolute atomic E-state index is 0.0464. The van der Waals surface area contributed by atoms with Crippen LogP contribution in [-0.2, 0) is 32.5 Å². The third-order valence-electron chi connectivity index (χ3n) is 5.23. The number of aromatic nitrogens is 6. The van der Waals surface area contributed by atoms with Gasteiger partial charge >= 0.3 is 11.9 Å². The van der Waals surface area contributed by atoms with E-state index in [9.17, 15) is 9.59 Å². The smallest absolute Gasteiger partial charge is 0.312 e. The normalized spacial score (nSPS) is 12.3. The van der Waals surface area contributed by atoms with Gasteiger partial charge < -0.3 is 9.47 Å². The number of esters is 2. The molecule has 0 unspecified atom stereocenters. The standard InChI is InChI=1S/C24H28N6O4/c1-23(2,3)21(31)33-13-29-9-7-15-17(25-11-27-19(15)29)18-16-8-10-30(20(16)28-12-26-18)14-34-22(32)24(4,5)6/h7-12H,13-14H2,1-6H3. The van der Waals surface area contributed by atoms with E-state index in [1.54, 1.807) is 63.1 Å². The molecule has 0 saturated carbocycles. The molecule has 0 aliphatic carbocycles. The van der Waals surface area contributed by atoms with E-state index in [4.69, 9.17) is 9.47 Å². The zero-order valence-corrected chi connectivity index (χ0v) is 20.2. The quantitative estimate of drug-likeness (QED) is 0.408. The van der Waals surface area contributed by atoms with Gasteiger partial charge in [0.05, 0.1) is 10.8 Å². The maximum atomic E-state index is 12.2. The fraction of sp³-hybridized carbons (Fsp3) is 0.417. The van der Waals surface area contributed by atoms with Crippen LogP contribution in [-0.4, -0.2) is 41.0 Å². The van der Waals surface area contributed by atoms with Crippen molar-refractivity contribution in [3.8, 4) is 11.4 Å². The predicted octanol–water partition coefficient (Wildman–Crippen LogP) is 3.94. The van der Waals surface area contributed by atoms with Gasteiger partial charge in [0, 0.05) is 23.2 Å². The highest BCUT2D eigenvalue weighted by Crippen LogP contribution is 2.30. The Morgan fingerprint density at radius 1 is 0.706 bits per heavy atom. The van der Waals surface area contributed by atoms with Crippen molar-refractivity contribution < 1.29 is 19.1 Å². The van der Waals surface area contributed by atoms with Gasteiger partial charge in [-0.15, -0.1) is 0 Å². The molecule has 0 aliphatic heterocycles. The Hall–Kier alpha value is -3.82. The maximum absolute atomic E-state index is 12.2. The molecular formula is C24H28N6O4. The van der Waals surface area contributed by atoms with Gasteiger partial charge in [0.15, 0.2) is 13.5 Å². The molecule has 4 aromatic heterocycles. The molecule has 178 valence electrons. The lowest BCUT2D eigenvalue weighted by molar-refractivity contribution is -0.157. The lowest BCUT2D eigenvalue weighted by Crippen LogP contribution is -2.24. The van der Waals surface area contributed by atoms with Gasteiger partial charge in [0.1, 0.15) is 35.3 Å². The van der Waals surface area contributed by atoms with Crippen LogP contribution < -0.4 is 0 Å². The fourth-order valence-corrected chi connectivity index (χ4v) is 3.28. The molecule has 4 heterocycles. The molecule has 0 bridgehead atoms. The van der Waals surface area contributed by atoms with E-state index < -0.39 is 10.8 Å². The highest BCUT2D eigenvalue weighted by molar-refractivity contribution is 5.99. The molecule has 0 fully saturated rings. The van der Waals surface area contributed by atoms with Crippen molar-refractivity contribution >= 4 is 34.0 Å². The minimum atomic E-state index is -0.593. The number of carbonyl (C=O) groups excluding carboxylic acids is 2. The third-order valence-corrected chi connectivity index (χ3v) is 5.23. The largest absolute Gasteiger partial charge is 0.443 e. The van der Waals surface area contributed by atoms with Crippen LogP contribution in [0, 0.1) is 10.8 Å². The van der Waals surface area contributed by atoms with Crippen LogP contribution in [0.15, 0.2) is 37.2 Å². The third kappa shape index (κ3) is 4.48. The highest BCUT2D eigenvalue weighted by atomic mass is 16.5. The molecule has 10 nitrogen and oxygen atoms in total. The van der Waals surface area contributed by atoms with Crippen molar-refractivity contribution in [2.45, 2.75) is 55.0 Å². The average molecular weight is 465 g/mol. The second-order valence-corrected chi connectivity index (χ2v) is 10.1. The van der Waals surface area contributed by atoms with Crippen molar-refractivity contribution in [3.63, 3.8) is 0 Å².